The lowest BCUT2D eigenvalue weighted by atomic mass is 10.2. The van der Waals surface area contributed by atoms with Gasteiger partial charge in [0.15, 0.2) is 15.8 Å². The molecule has 160 valence electrons. The van der Waals surface area contributed by atoms with Gasteiger partial charge in [-0.2, -0.15) is 13.2 Å². The summed E-state index contributed by atoms with van der Waals surface area (Å²) in [4.78, 5) is 9.72. The molecular formula is C16H25F3IN5O2S. The number of aliphatic imine (C=N–C) groups is 1. The smallest absolute Gasteiger partial charge is 0.368 e. The van der Waals surface area contributed by atoms with Crippen LogP contribution in [0.25, 0.3) is 0 Å². The third kappa shape index (κ3) is 5.84. The number of alkyl halides is 3. The summed E-state index contributed by atoms with van der Waals surface area (Å²) in [5, 5.41) is 5.71. The summed E-state index contributed by atoms with van der Waals surface area (Å²) in [6.45, 7) is 4.43. The molecule has 0 aliphatic carbocycles. The van der Waals surface area contributed by atoms with Crippen molar-refractivity contribution in [2.24, 2.45) is 4.99 Å². The molecule has 0 radical (unpaired) electrons. The van der Waals surface area contributed by atoms with Crippen LogP contribution in [-0.4, -0.2) is 68.0 Å². The maximum absolute atomic E-state index is 12.9. The Morgan fingerprint density at radius 3 is 2.61 bits per heavy atom. The molecule has 1 saturated heterocycles. The molecule has 0 amide bonds. The van der Waals surface area contributed by atoms with E-state index in [1.54, 1.807) is 20.9 Å². The van der Waals surface area contributed by atoms with Crippen LogP contribution < -0.4 is 10.6 Å². The van der Waals surface area contributed by atoms with E-state index in [9.17, 15) is 21.6 Å². The van der Waals surface area contributed by atoms with Gasteiger partial charge in [-0.05, 0) is 26.0 Å². The lowest BCUT2D eigenvalue weighted by Crippen LogP contribution is -2.57. The van der Waals surface area contributed by atoms with Crippen LogP contribution in [0.5, 0.6) is 0 Å². The van der Waals surface area contributed by atoms with Gasteiger partial charge in [0, 0.05) is 39.4 Å². The Morgan fingerprint density at radius 1 is 1.36 bits per heavy atom. The molecule has 1 aliphatic rings. The fourth-order valence-electron chi connectivity index (χ4n) is 2.79. The fraction of sp³-hybridized carbons (Fsp3) is 0.625. The van der Waals surface area contributed by atoms with E-state index in [0.717, 1.165) is 6.07 Å². The highest BCUT2D eigenvalue weighted by Crippen LogP contribution is 2.33. The zero-order chi connectivity index (χ0) is 20.3. The Bertz CT molecular complexity index is 800. The minimum Gasteiger partial charge on any atom is -0.368 e. The van der Waals surface area contributed by atoms with Crippen LogP contribution in [-0.2, 0) is 16.0 Å². The molecule has 0 spiro atoms. The normalized spacial score (nSPS) is 18.9. The molecule has 1 aromatic rings. The molecule has 1 aliphatic heterocycles. The Labute approximate surface area is 180 Å². The number of anilines is 1. The van der Waals surface area contributed by atoms with Crippen LogP contribution in [0, 0.1) is 0 Å². The molecule has 0 bridgehead atoms. The second kappa shape index (κ2) is 9.46. The number of pyridine rings is 1. The summed E-state index contributed by atoms with van der Waals surface area (Å²) in [5.74, 6) is 0.311. The lowest BCUT2D eigenvalue weighted by Gasteiger charge is -2.39. The molecule has 1 fully saturated rings. The van der Waals surface area contributed by atoms with Crippen LogP contribution >= 0.6 is 24.0 Å². The van der Waals surface area contributed by atoms with Gasteiger partial charge in [-0.15, -0.1) is 24.0 Å². The van der Waals surface area contributed by atoms with Crippen LogP contribution in [0.4, 0.5) is 19.0 Å². The Kier molecular flexibility index (Phi) is 8.35. The second-order valence-electron chi connectivity index (χ2n) is 6.80. The Morgan fingerprint density at radius 2 is 2.04 bits per heavy atom. The van der Waals surface area contributed by atoms with Crippen LogP contribution in [0.3, 0.4) is 0 Å². The number of aromatic nitrogens is 1. The van der Waals surface area contributed by atoms with E-state index >= 15 is 0 Å². The molecule has 7 nitrogen and oxygen atoms in total. The zero-order valence-electron chi connectivity index (χ0n) is 15.9. The maximum atomic E-state index is 12.9. The number of guanidine groups is 1. The molecule has 2 N–H and O–H groups in total. The van der Waals surface area contributed by atoms with E-state index in [1.807, 2.05) is 4.90 Å². The zero-order valence-corrected chi connectivity index (χ0v) is 19.0. The van der Waals surface area contributed by atoms with Crippen molar-refractivity contribution in [2.45, 2.75) is 24.8 Å². The molecule has 0 unspecified atom stereocenters. The third-order valence-electron chi connectivity index (χ3n) is 4.37. The van der Waals surface area contributed by atoms with Gasteiger partial charge in [0.2, 0.25) is 0 Å². The van der Waals surface area contributed by atoms with Gasteiger partial charge in [0.05, 0.1) is 16.1 Å². The predicted molar refractivity (Wildman–Crippen MR) is 114 cm³/mol. The van der Waals surface area contributed by atoms with Crippen molar-refractivity contribution in [1.82, 2.24) is 15.2 Å². The van der Waals surface area contributed by atoms with Gasteiger partial charge in [0.1, 0.15) is 5.82 Å². The first-order valence-electron chi connectivity index (χ1n) is 8.42. The molecule has 0 aromatic carbocycles. The first kappa shape index (κ1) is 24.7. The van der Waals surface area contributed by atoms with E-state index < -0.39 is 26.3 Å². The Hall–Kier alpha value is -1.31. The van der Waals surface area contributed by atoms with Crippen molar-refractivity contribution in [3.8, 4) is 0 Å². The highest BCUT2D eigenvalue weighted by molar-refractivity contribution is 14.0. The molecule has 1 aromatic heterocycles. The molecule has 0 atom stereocenters. The van der Waals surface area contributed by atoms with Crippen molar-refractivity contribution in [1.29, 1.82) is 0 Å². The van der Waals surface area contributed by atoms with Gasteiger partial charge in [-0.25, -0.2) is 13.4 Å². The van der Waals surface area contributed by atoms with Gasteiger partial charge in [-0.1, -0.05) is 0 Å². The van der Waals surface area contributed by atoms with E-state index in [-0.39, 0.29) is 42.1 Å². The summed E-state index contributed by atoms with van der Waals surface area (Å²) in [6.07, 6.45) is -3.19. The lowest BCUT2D eigenvalue weighted by molar-refractivity contribution is -0.137. The number of hydrogen-bond donors (Lipinski definition) is 2. The molecule has 2 heterocycles. The average Bonchev–Trinajstić information content (AvgIpc) is 2.57. The van der Waals surface area contributed by atoms with E-state index in [4.69, 9.17) is 0 Å². The number of hydrogen-bond acceptors (Lipinski definition) is 5. The first-order chi connectivity index (χ1) is 12.5. The van der Waals surface area contributed by atoms with E-state index in [1.165, 1.54) is 12.3 Å². The summed E-state index contributed by atoms with van der Waals surface area (Å²) < 4.78 is 62.1. The topological polar surface area (TPSA) is 86.7 Å². The highest BCUT2D eigenvalue weighted by atomic mass is 127. The Balaban J connectivity index is 0.00000392. The molecule has 0 saturated carbocycles. The van der Waals surface area contributed by atoms with Crippen molar-refractivity contribution >= 4 is 45.6 Å². The highest BCUT2D eigenvalue weighted by Gasteiger charge is 2.41. The van der Waals surface area contributed by atoms with Gasteiger partial charge >= 0.3 is 6.18 Å². The van der Waals surface area contributed by atoms with Crippen molar-refractivity contribution in [2.75, 3.05) is 44.3 Å². The van der Waals surface area contributed by atoms with Gasteiger partial charge in [0.25, 0.3) is 0 Å². The number of halogens is 4. The standard InChI is InChI=1S/C16H24F3N5O2S.HI/c1-15(2)11-24(9-10-27(15,25)26)14(20-3)23-8-7-22-13-12(16(17,18)19)5-4-6-21-13;/h4-6H,7-11H2,1-3H3,(H,20,23)(H,21,22);1H. The fourth-order valence-corrected chi connectivity index (χ4v) is 4.15. The monoisotopic (exact) mass is 535 g/mol. The summed E-state index contributed by atoms with van der Waals surface area (Å²) >= 11 is 0. The molecule has 2 rings (SSSR count). The molecular weight excluding hydrogens is 510 g/mol. The van der Waals surface area contributed by atoms with Crippen LogP contribution in [0.2, 0.25) is 0 Å². The number of sulfone groups is 1. The first-order valence-corrected chi connectivity index (χ1v) is 10.1. The van der Waals surface area contributed by atoms with Gasteiger partial charge < -0.3 is 15.5 Å². The minimum absolute atomic E-state index is 0. The van der Waals surface area contributed by atoms with Crippen molar-refractivity contribution in [3.05, 3.63) is 23.9 Å². The number of nitrogens with one attached hydrogen (secondary N) is 2. The summed E-state index contributed by atoms with van der Waals surface area (Å²) in [5.41, 5.74) is -0.822. The molecule has 28 heavy (non-hydrogen) atoms. The van der Waals surface area contributed by atoms with Crippen LogP contribution in [0.1, 0.15) is 19.4 Å². The van der Waals surface area contributed by atoms with Crippen LogP contribution in [0.15, 0.2) is 23.3 Å². The number of nitrogens with zero attached hydrogens (tertiary/aromatic N) is 3. The SMILES string of the molecule is CN=C(NCCNc1ncccc1C(F)(F)F)N1CCS(=O)(=O)C(C)(C)C1.I. The van der Waals surface area contributed by atoms with E-state index in [0.29, 0.717) is 25.6 Å². The third-order valence-corrected chi connectivity index (χ3v) is 6.90. The quantitative estimate of drug-likeness (QED) is 0.266. The predicted octanol–water partition coefficient (Wildman–Crippen LogP) is 2.21. The molecule has 12 heteroatoms. The van der Waals surface area contributed by atoms with Crippen molar-refractivity contribution in [3.63, 3.8) is 0 Å². The minimum atomic E-state index is -4.48. The second-order valence-corrected chi connectivity index (χ2v) is 9.54. The maximum Gasteiger partial charge on any atom is 0.419 e. The van der Waals surface area contributed by atoms with Crippen molar-refractivity contribution < 1.29 is 21.6 Å². The average molecular weight is 535 g/mol. The summed E-state index contributed by atoms with van der Waals surface area (Å²) in [6, 6.07) is 2.21. The van der Waals surface area contributed by atoms with Gasteiger partial charge in [-0.3, -0.25) is 4.99 Å². The van der Waals surface area contributed by atoms with E-state index in [2.05, 4.69) is 20.6 Å². The largest absolute Gasteiger partial charge is 0.419 e. The summed E-state index contributed by atoms with van der Waals surface area (Å²) in [7, 11) is -1.59. The number of rotatable bonds is 4.